The zero-order valence-corrected chi connectivity index (χ0v) is 22.8. The van der Waals surface area contributed by atoms with Gasteiger partial charge in [-0.2, -0.15) is 5.26 Å². The van der Waals surface area contributed by atoms with Crippen molar-refractivity contribution in [2.45, 2.75) is 64.8 Å². The van der Waals surface area contributed by atoms with E-state index in [1.807, 2.05) is 50.2 Å². The van der Waals surface area contributed by atoms with Gasteiger partial charge in [0.05, 0.1) is 25.2 Å². The smallest absolute Gasteiger partial charge is 0.319 e. The molecule has 2 aromatic carbocycles. The summed E-state index contributed by atoms with van der Waals surface area (Å²) in [6, 6.07) is 15.0. The Balaban J connectivity index is 1.46. The van der Waals surface area contributed by atoms with Gasteiger partial charge in [-0.1, -0.05) is 31.9 Å². The van der Waals surface area contributed by atoms with Gasteiger partial charge in [0.1, 0.15) is 17.6 Å². The zero-order chi connectivity index (χ0) is 27.8. The predicted octanol–water partition coefficient (Wildman–Crippen LogP) is 4.65. The topological polar surface area (TPSA) is 121 Å². The number of H-pyrrole nitrogens is 1. The van der Waals surface area contributed by atoms with E-state index in [2.05, 4.69) is 26.7 Å². The summed E-state index contributed by atoms with van der Waals surface area (Å²) in [6.07, 6.45) is 6.41. The standard InChI is InChI=1S/C31H35N5O3/c1-4-23(37)11-6-5-7-12-28(31-33-19-29(36-31)22-10-8-9-21(15-22)18-32)35-30(38)17-25-20(2)34-27-14-13-24(39-3)16-26(25)27/h8-10,13-16,19,28,34,36H,4-7,11-12,17H2,1-3H3,(H,35,38)/q+1/t28-/m0/s1. The molecule has 1 radical (unpaired) electrons. The second-order valence-corrected chi connectivity index (χ2v) is 9.80. The molecule has 1 aromatic heterocycles. The van der Waals surface area contributed by atoms with Gasteiger partial charge in [0, 0.05) is 35.0 Å². The predicted molar refractivity (Wildman–Crippen MR) is 153 cm³/mol. The molecule has 1 atom stereocenters. The number of ketones is 1. The highest BCUT2D eigenvalue weighted by Gasteiger charge is 2.31. The number of fused-ring (bicyclic) bond motifs is 1. The number of nitrogens with one attached hydrogen (secondary N) is 3. The van der Waals surface area contributed by atoms with Gasteiger partial charge in [0.2, 0.25) is 5.91 Å². The van der Waals surface area contributed by atoms with Crippen LogP contribution in [-0.4, -0.2) is 35.7 Å². The summed E-state index contributed by atoms with van der Waals surface area (Å²) in [7, 11) is 1.63. The Kier molecular flexibility index (Phi) is 9.16. The molecule has 0 aliphatic carbocycles. The van der Waals surface area contributed by atoms with Crippen molar-refractivity contribution in [3.63, 3.8) is 0 Å². The molecule has 39 heavy (non-hydrogen) atoms. The molecule has 8 heteroatoms. The number of amides is 1. The van der Waals surface area contributed by atoms with Gasteiger partial charge < -0.3 is 15.0 Å². The largest absolute Gasteiger partial charge is 0.497 e. The molecule has 1 amide bonds. The normalized spacial score (nSPS) is 13.3. The van der Waals surface area contributed by atoms with Crippen LogP contribution in [0, 0.1) is 18.3 Å². The number of aryl methyl sites for hydroxylation is 1. The average Bonchev–Trinajstić information content (AvgIpc) is 3.56. The number of hydrogen-bond acceptors (Lipinski definition) is 6. The summed E-state index contributed by atoms with van der Waals surface area (Å²) < 4.78 is 5.39. The summed E-state index contributed by atoms with van der Waals surface area (Å²) in [5.74, 6) is 1.59. The van der Waals surface area contributed by atoms with Crippen LogP contribution in [0.1, 0.15) is 67.8 Å². The Hall–Kier alpha value is -4.38. The summed E-state index contributed by atoms with van der Waals surface area (Å²) in [5, 5.41) is 16.8. The van der Waals surface area contributed by atoms with E-state index < -0.39 is 0 Å². The molecule has 1 aliphatic rings. The monoisotopic (exact) mass is 525 g/mol. The van der Waals surface area contributed by atoms with Crippen molar-refractivity contribution in [2.24, 2.45) is 0 Å². The first kappa shape index (κ1) is 27.6. The van der Waals surface area contributed by atoms with Crippen LogP contribution >= 0.6 is 0 Å². The number of amidine groups is 1. The Labute approximate surface area is 229 Å². The Morgan fingerprint density at radius 2 is 2.00 bits per heavy atom. The van der Waals surface area contributed by atoms with Gasteiger partial charge in [0.15, 0.2) is 11.9 Å². The summed E-state index contributed by atoms with van der Waals surface area (Å²) >= 11 is 0. The third kappa shape index (κ3) is 6.94. The number of Topliss-reactive ketones (excluding diaryl/α,β-unsaturated/α-hetero) is 1. The van der Waals surface area contributed by atoms with E-state index in [1.54, 1.807) is 19.4 Å². The van der Waals surface area contributed by atoms with Crippen molar-refractivity contribution >= 4 is 34.1 Å². The number of aliphatic imine (C=N–C) groups is 1. The number of carbonyl (C=O) groups is 2. The number of nitrogens with zero attached hydrogens (tertiary/aromatic N) is 2. The fourth-order valence-electron chi connectivity index (χ4n) is 4.84. The molecule has 0 unspecified atom stereocenters. The number of carbonyl (C=O) groups excluding carboxylic acids is 2. The molecule has 201 valence electrons. The number of hydrogen-bond donors (Lipinski definition) is 3. The molecule has 0 fully saturated rings. The first-order valence-corrected chi connectivity index (χ1v) is 13.4. The van der Waals surface area contributed by atoms with Crippen LogP contribution in [0.3, 0.4) is 0 Å². The van der Waals surface area contributed by atoms with E-state index in [1.165, 1.54) is 0 Å². The number of nitriles is 1. The van der Waals surface area contributed by atoms with E-state index in [0.717, 1.165) is 58.4 Å². The number of aromatic nitrogens is 1. The quantitative estimate of drug-likeness (QED) is 0.281. The van der Waals surface area contributed by atoms with Gasteiger partial charge in [0.25, 0.3) is 0 Å². The van der Waals surface area contributed by atoms with Crippen LogP contribution in [0.4, 0.5) is 0 Å². The van der Waals surface area contributed by atoms with Crippen LogP contribution in [0.5, 0.6) is 5.75 Å². The molecule has 3 aromatic rings. The maximum Gasteiger partial charge on any atom is 0.319 e. The lowest BCUT2D eigenvalue weighted by Gasteiger charge is -2.16. The number of unbranched alkanes of at least 4 members (excludes halogenated alkanes) is 2. The van der Waals surface area contributed by atoms with Crippen LogP contribution in [0.25, 0.3) is 16.6 Å². The summed E-state index contributed by atoms with van der Waals surface area (Å²) in [6.45, 7) is 3.86. The lowest BCUT2D eigenvalue weighted by molar-refractivity contribution is -0.121. The van der Waals surface area contributed by atoms with Crippen LogP contribution < -0.4 is 20.4 Å². The minimum Gasteiger partial charge on any atom is -0.497 e. The maximum absolute atomic E-state index is 13.3. The van der Waals surface area contributed by atoms with Gasteiger partial charge >= 0.3 is 5.84 Å². The second-order valence-electron chi connectivity index (χ2n) is 9.80. The van der Waals surface area contributed by atoms with Crippen LogP contribution in [0.2, 0.25) is 0 Å². The number of benzene rings is 2. The van der Waals surface area contributed by atoms with Crippen molar-refractivity contribution in [3.8, 4) is 11.8 Å². The molecule has 0 saturated heterocycles. The number of aromatic amines is 1. The van der Waals surface area contributed by atoms with E-state index in [9.17, 15) is 14.9 Å². The minimum atomic E-state index is -0.313. The van der Waals surface area contributed by atoms with E-state index in [-0.39, 0.29) is 24.2 Å². The third-order valence-corrected chi connectivity index (χ3v) is 7.07. The first-order chi connectivity index (χ1) is 18.9. The molecule has 3 N–H and O–H groups in total. The molecular weight excluding hydrogens is 490 g/mol. The number of rotatable bonds is 13. The Morgan fingerprint density at radius 3 is 2.77 bits per heavy atom. The highest BCUT2D eigenvalue weighted by Crippen LogP contribution is 2.27. The van der Waals surface area contributed by atoms with Crippen LogP contribution in [0.15, 0.2) is 48.7 Å². The lowest BCUT2D eigenvalue weighted by atomic mass is 10.0. The van der Waals surface area contributed by atoms with Crippen LogP contribution in [-0.2, 0) is 16.0 Å². The van der Waals surface area contributed by atoms with Gasteiger partial charge in [-0.05, 0) is 60.7 Å². The van der Waals surface area contributed by atoms with Crippen molar-refractivity contribution in [1.29, 1.82) is 5.26 Å². The molecule has 1 aliphatic heterocycles. The Bertz CT molecular complexity index is 1460. The molecule has 0 bridgehead atoms. The summed E-state index contributed by atoms with van der Waals surface area (Å²) in [4.78, 5) is 33.0. The zero-order valence-electron chi connectivity index (χ0n) is 22.8. The SMILES string of the molecule is CCC(=O)CCCCC[C@H](NC(=O)Cc1c(C)[nH]c2ccc(OC)cc12)C1=[N+]C=C(c2cccc(C#N)c2)N1. The van der Waals surface area contributed by atoms with Crippen molar-refractivity contribution in [1.82, 2.24) is 20.6 Å². The maximum atomic E-state index is 13.3. The fourth-order valence-corrected chi connectivity index (χ4v) is 4.84. The van der Waals surface area contributed by atoms with Gasteiger partial charge in [-0.25, -0.2) is 5.32 Å². The van der Waals surface area contributed by atoms with E-state index >= 15 is 0 Å². The molecule has 4 rings (SSSR count). The third-order valence-electron chi connectivity index (χ3n) is 7.07. The minimum absolute atomic E-state index is 0.0996. The van der Waals surface area contributed by atoms with E-state index in [4.69, 9.17) is 4.74 Å². The van der Waals surface area contributed by atoms with Gasteiger partial charge in [-0.3, -0.25) is 9.59 Å². The lowest BCUT2D eigenvalue weighted by Crippen LogP contribution is -2.47. The van der Waals surface area contributed by atoms with Crippen molar-refractivity contribution < 1.29 is 14.3 Å². The molecule has 0 saturated carbocycles. The molecule has 0 spiro atoms. The molecular formula is C31H35N5O3+. The second kappa shape index (κ2) is 12.9. The summed E-state index contributed by atoms with van der Waals surface area (Å²) in [5.41, 5.74) is 5.06. The van der Waals surface area contributed by atoms with Crippen molar-refractivity contribution in [2.75, 3.05) is 7.11 Å². The molecule has 2 heterocycles. The number of ether oxygens (including phenoxy) is 1. The molecule has 8 nitrogen and oxygen atoms in total. The van der Waals surface area contributed by atoms with Gasteiger partial charge in [-0.15, -0.1) is 0 Å². The number of methoxy groups -OCH3 is 1. The fraction of sp³-hybridized carbons (Fsp3) is 0.355. The average molecular weight is 526 g/mol. The Morgan fingerprint density at radius 1 is 1.15 bits per heavy atom. The highest BCUT2D eigenvalue weighted by atomic mass is 16.5. The van der Waals surface area contributed by atoms with E-state index in [0.29, 0.717) is 30.7 Å². The first-order valence-electron chi connectivity index (χ1n) is 13.4. The highest BCUT2D eigenvalue weighted by molar-refractivity contribution is 6.00. The van der Waals surface area contributed by atoms with Crippen molar-refractivity contribution in [3.05, 3.63) is 71.0 Å².